The number of nitrogens with zero attached hydrogens (tertiary/aromatic N) is 2. The summed E-state index contributed by atoms with van der Waals surface area (Å²) in [6.07, 6.45) is 4.80. The molecule has 2 atom stereocenters. The molecular weight excluding hydrogens is 266 g/mol. The van der Waals surface area contributed by atoms with Gasteiger partial charge in [0.05, 0.1) is 17.6 Å². The van der Waals surface area contributed by atoms with Crippen molar-refractivity contribution in [2.75, 3.05) is 11.9 Å². The van der Waals surface area contributed by atoms with Crippen LogP contribution < -0.4 is 5.32 Å². The van der Waals surface area contributed by atoms with Gasteiger partial charge in [-0.3, -0.25) is 4.79 Å². The summed E-state index contributed by atoms with van der Waals surface area (Å²) in [4.78, 5) is 16.8. The fourth-order valence-corrected chi connectivity index (χ4v) is 3.10. The van der Waals surface area contributed by atoms with Crippen LogP contribution in [-0.2, 0) is 22.4 Å². The van der Waals surface area contributed by atoms with Crippen LogP contribution in [-0.4, -0.2) is 23.6 Å². The minimum Gasteiger partial charge on any atom is -0.378 e. The summed E-state index contributed by atoms with van der Waals surface area (Å²) in [7, 11) is 0. The summed E-state index contributed by atoms with van der Waals surface area (Å²) in [6, 6.07) is 4.03. The third-order valence-electron chi connectivity index (χ3n) is 4.38. The van der Waals surface area contributed by atoms with Gasteiger partial charge < -0.3 is 10.1 Å². The minimum absolute atomic E-state index is 0.0758. The smallest absolute Gasteiger partial charge is 0.231 e. The molecule has 0 spiro atoms. The predicted octanol–water partition coefficient (Wildman–Crippen LogP) is 2.20. The lowest BCUT2D eigenvalue weighted by Crippen LogP contribution is -2.28. The van der Waals surface area contributed by atoms with Crippen molar-refractivity contribution in [2.45, 2.75) is 45.1 Å². The average molecular weight is 285 g/mol. The zero-order valence-corrected chi connectivity index (χ0v) is 12.2. The highest BCUT2D eigenvalue weighted by molar-refractivity contribution is 5.93. The van der Waals surface area contributed by atoms with E-state index >= 15 is 0 Å². The third-order valence-corrected chi connectivity index (χ3v) is 4.38. The maximum atomic E-state index is 12.3. The summed E-state index contributed by atoms with van der Waals surface area (Å²) in [5, 5.41) is 12.1. The molecule has 3 rings (SSSR count). The first-order chi connectivity index (χ1) is 10.2. The highest BCUT2D eigenvalue weighted by Crippen LogP contribution is 2.26. The van der Waals surface area contributed by atoms with Crippen LogP contribution in [0.4, 0.5) is 5.82 Å². The zero-order valence-electron chi connectivity index (χ0n) is 12.2. The second-order valence-electron chi connectivity index (χ2n) is 5.77. The molecule has 0 aromatic carbocycles. The van der Waals surface area contributed by atoms with Gasteiger partial charge in [0.1, 0.15) is 6.07 Å². The molecule has 110 valence electrons. The largest absolute Gasteiger partial charge is 0.378 e. The number of ether oxygens (including phenoxy) is 1. The Morgan fingerprint density at radius 3 is 3.00 bits per heavy atom. The Morgan fingerprint density at radius 2 is 2.29 bits per heavy atom. The van der Waals surface area contributed by atoms with Gasteiger partial charge in [-0.15, -0.1) is 0 Å². The molecule has 1 aliphatic carbocycles. The Bertz CT molecular complexity index is 606. The van der Waals surface area contributed by atoms with Crippen LogP contribution in [0.5, 0.6) is 0 Å². The number of carbonyl (C=O) groups excluding carboxylic acids is 1. The number of carbonyl (C=O) groups is 1. The van der Waals surface area contributed by atoms with Crippen LogP contribution in [0.1, 0.15) is 43.0 Å². The van der Waals surface area contributed by atoms with E-state index in [9.17, 15) is 10.1 Å². The van der Waals surface area contributed by atoms with E-state index in [1.165, 1.54) is 0 Å². The lowest BCUT2D eigenvalue weighted by molar-refractivity contribution is -0.121. The molecule has 0 saturated carbocycles. The van der Waals surface area contributed by atoms with Crippen molar-refractivity contribution < 1.29 is 9.53 Å². The maximum absolute atomic E-state index is 12.3. The van der Waals surface area contributed by atoms with Crippen molar-refractivity contribution in [3.63, 3.8) is 0 Å². The fourth-order valence-electron chi connectivity index (χ4n) is 3.10. The molecule has 2 aliphatic rings. The highest BCUT2D eigenvalue weighted by Gasteiger charge is 2.31. The van der Waals surface area contributed by atoms with Crippen LogP contribution >= 0.6 is 0 Å². The molecule has 1 saturated heterocycles. The van der Waals surface area contributed by atoms with E-state index in [0.29, 0.717) is 18.0 Å². The Labute approximate surface area is 124 Å². The van der Waals surface area contributed by atoms with Crippen molar-refractivity contribution in [1.29, 1.82) is 5.26 Å². The van der Waals surface area contributed by atoms with Gasteiger partial charge in [-0.2, -0.15) is 5.26 Å². The third kappa shape index (κ3) is 2.77. The van der Waals surface area contributed by atoms with E-state index in [4.69, 9.17) is 4.74 Å². The molecule has 1 aromatic rings. The molecule has 5 nitrogen and oxygen atoms in total. The molecule has 0 unspecified atom stereocenters. The number of rotatable bonds is 2. The van der Waals surface area contributed by atoms with E-state index < -0.39 is 0 Å². The van der Waals surface area contributed by atoms with E-state index in [1.807, 2.05) is 13.0 Å². The van der Waals surface area contributed by atoms with Crippen LogP contribution in [0, 0.1) is 17.2 Å². The molecule has 0 bridgehead atoms. The van der Waals surface area contributed by atoms with Crippen molar-refractivity contribution >= 4 is 11.7 Å². The van der Waals surface area contributed by atoms with Crippen molar-refractivity contribution in [3.8, 4) is 6.07 Å². The standard InChI is InChI=1S/C16H19N3O2/c1-10-13(6-7-21-10)16(20)19-15-12(9-17)8-11-4-2-3-5-14(11)18-15/h8,10,13H,2-7H2,1H3,(H,18,19,20)/t10-,13-/m0/s1. The van der Waals surface area contributed by atoms with Gasteiger partial charge >= 0.3 is 0 Å². The number of fused-ring (bicyclic) bond motifs is 1. The monoisotopic (exact) mass is 285 g/mol. The Kier molecular flexibility index (Phi) is 3.89. The van der Waals surface area contributed by atoms with Crippen molar-refractivity contribution in [1.82, 2.24) is 4.98 Å². The van der Waals surface area contributed by atoms with Gasteiger partial charge in [0.25, 0.3) is 0 Å². The normalized spacial score (nSPS) is 24.2. The number of anilines is 1. The van der Waals surface area contributed by atoms with Gasteiger partial charge in [-0.1, -0.05) is 0 Å². The molecule has 1 fully saturated rings. The lowest BCUT2D eigenvalue weighted by Gasteiger charge is -2.18. The number of pyridine rings is 1. The van der Waals surface area contributed by atoms with E-state index in [0.717, 1.165) is 43.4 Å². The number of nitrogens with one attached hydrogen (secondary N) is 1. The molecule has 1 aliphatic heterocycles. The quantitative estimate of drug-likeness (QED) is 0.903. The van der Waals surface area contributed by atoms with Crippen LogP contribution in [0.15, 0.2) is 6.07 Å². The number of aromatic nitrogens is 1. The molecule has 0 radical (unpaired) electrons. The molecular formula is C16H19N3O2. The fraction of sp³-hybridized carbons (Fsp3) is 0.562. The molecule has 5 heteroatoms. The topological polar surface area (TPSA) is 75.0 Å². The van der Waals surface area contributed by atoms with Crippen molar-refractivity contribution in [3.05, 3.63) is 22.9 Å². The van der Waals surface area contributed by atoms with Gasteiger partial charge in [0.2, 0.25) is 5.91 Å². The van der Waals surface area contributed by atoms with Gasteiger partial charge in [0, 0.05) is 12.3 Å². The van der Waals surface area contributed by atoms with Crippen LogP contribution in [0.3, 0.4) is 0 Å². The first kappa shape index (κ1) is 14.0. The van der Waals surface area contributed by atoms with E-state index in [1.54, 1.807) is 0 Å². The van der Waals surface area contributed by atoms with Gasteiger partial charge in [0.15, 0.2) is 5.82 Å². The van der Waals surface area contributed by atoms with Gasteiger partial charge in [-0.05, 0) is 50.7 Å². The summed E-state index contributed by atoms with van der Waals surface area (Å²) in [5.74, 6) is 0.149. The minimum atomic E-state index is -0.158. The maximum Gasteiger partial charge on any atom is 0.231 e. The summed E-state index contributed by atoms with van der Waals surface area (Å²) >= 11 is 0. The molecule has 2 heterocycles. The number of nitriles is 1. The molecule has 21 heavy (non-hydrogen) atoms. The molecule has 1 amide bonds. The van der Waals surface area contributed by atoms with Gasteiger partial charge in [-0.25, -0.2) is 4.98 Å². The first-order valence-corrected chi connectivity index (χ1v) is 7.54. The summed E-state index contributed by atoms with van der Waals surface area (Å²) < 4.78 is 5.43. The Morgan fingerprint density at radius 1 is 1.48 bits per heavy atom. The Balaban J connectivity index is 1.84. The van der Waals surface area contributed by atoms with Crippen LogP contribution in [0.25, 0.3) is 0 Å². The van der Waals surface area contributed by atoms with E-state index in [-0.39, 0.29) is 17.9 Å². The summed E-state index contributed by atoms with van der Waals surface area (Å²) in [6.45, 7) is 2.52. The second-order valence-corrected chi connectivity index (χ2v) is 5.77. The molecule has 1 aromatic heterocycles. The van der Waals surface area contributed by atoms with E-state index in [2.05, 4.69) is 16.4 Å². The first-order valence-electron chi connectivity index (χ1n) is 7.54. The van der Waals surface area contributed by atoms with Crippen LogP contribution in [0.2, 0.25) is 0 Å². The summed E-state index contributed by atoms with van der Waals surface area (Å²) in [5.41, 5.74) is 2.62. The lowest BCUT2D eigenvalue weighted by atomic mass is 9.95. The number of aryl methyl sites for hydroxylation is 2. The highest BCUT2D eigenvalue weighted by atomic mass is 16.5. The number of amides is 1. The second kappa shape index (κ2) is 5.82. The number of hydrogen-bond donors (Lipinski definition) is 1. The average Bonchev–Trinajstić information content (AvgIpc) is 2.92. The zero-order chi connectivity index (χ0) is 14.8. The number of hydrogen-bond acceptors (Lipinski definition) is 4. The predicted molar refractivity (Wildman–Crippen MR) is 77.7 cm³/mol. The Hall–Kier alpha value is -1.93. The SMILES string of the molecule is C[C@@H]1OCC[C@@H]1C(=O)Nc1nc2c(cc1C#N)CCCC2. The molecule has 1 N–H and O–H groups in total. The van der Waals surface area contributed by atoms with Crippen molar-refractivity contribution in [2.24, 2.45) is 5.92 Å².